The number of aliphatic imine (C=N–C) groups is 2. The quantitative estimate of drug-likeness (QED) is 0.545. The Morgan fingerprint density at radius 2 is 1.00 bits per heavy atom. The van der Waals surface area contributed by atoms with E-state index in [2.05, 4.69) is 9.98 Å². The van der Waals surface area contributed by atoms with E-state index in [-0.39, 0.29) is 0 Å². The standard InChI is InChI=1S/C14H12N2.2ClH.Ni/c1-3-7-13(8-4-1)15-11-12-16-14-9-5-2-6-10-14;;;/h1-12H;2*1H;/q;;;+2/p-2. The summed E-state index contributed by atoms with van der Waals surface area (Å²) in [6, 6.07) is 19.6. The van der Waals surface area contributed by atoms with Crippen molar-refractivity contribution >= 4 is 44.2 Å². The summed E-state index contributed by atoms with van der Waals surface area (Å²) in [6.45, 7) is 0. The third-order valence-electron chi connectivity index (χ3n) is 2.03. The second kappa shape index (κ2) is 10.7. The molecule has 0 N–H and O–H groups in total. The molecular formula is C14H12Cl2N2Ni. The summed E-state index contributed by atoms with van der Waals surface area (Å²) in [7, 11) is 9.40. The molecule has 0 heterocycles. The fourth-order valence-electron chi connectivity index (χ4n) is 1.27. The van der Waals surface area contributed by atoms with Gasteiger partial charge >= 0.3 is 33.0 Å². The molecule has 0 aromatic heterocycles. The minimum atomic E-state index is 0.569. The first-order chi connectivity index (χ1) is 9.36. The van der Waals surface area contributed by atoms with Gasteiger partial charge in [0.15, 0.2) is 0 Å². The Hall–Kier alpha value is -1.15. The number of nitrogens with zero attached hydrogens (tertiary/aromatic N) is 2. The Bertz CT molecular complexity index is 454. The van der Waals surface area contributed by atoms with Crippen molar-refractivity contribution in [3.05, 3.63) is 60.7 Å². The van der Waals surface area contributed by atoms with E-state index in [9.17, 15) is 0 Å². The minimum absolute atomic E-state index is 0.569. The third kappa shape index (κ3) is 7.79. The Morgan fingerprint density at radius 1 is 0.684 bits per heavy atom. The van der Waals surface area contributed by atoms with Crippen molar-refractivity contribution in [3.8, 4) is 0 Å². The molecule has 0 saturated carbocycles. The fraction of sp³-hybridized carbons (Fsp3) is 0. The molecule has 0 amide bonds. The van der Waals surface area contributed by atoms with Crippen LogP contribution in [0.15, 0.2) is 70.6 Å². The van der Waals surface area contributed by atoms with E-state index in [1.54, 1.807) is 12.4 Å². The fourth-order valence-corrected chi connectivity index (χ4v) is 1.27. The zero-order valence-electron chi connectivity index (χ0n) is 9.89. The predicted octanol–water partition coefficient (Wildman–Crippen LogP) is 5.17. The van der Waals surface area contributed by atoms with Crippen molar-refractivity contribution in [1.29, 1.82) is 0 Å². The summed E-state index contributed by atoms with van der Waals surface area (Å²) in [6.07, 6.45) is 3.39. The van der Waals surface area contributed by atoms with Crippen LogP contribution in [0.25, 0.3) is 0 Å². The van der Waals surface area contributed by atoms with E-state index in [0.29, 0.717) is 12.7 Å². The van der Waals surface area contributed by atoms with Gasteiger partial charge < -0.3 is 0 Å². The first-order valence-electron chi connectivity index (χ1n) is 5.36. The van der Waals surface area contributed by atoms with Gasteiger partial charge in [0.25, 0.3) is 0 Å². The molecule has 0 spiro atoms. The number of hydrogen-bond donors (Lipinski definition) is 0. The molecular weight excluding hydrogens is 326 g/mol. The molecule has 0 atom stereocenters. The van der Waals surface area contributed by atoms with E-state index in [1.807, 2.05) is 60.7 Å². The zero-order chi connectivity index (χ0) is 13.8. The van der Waals surface area contributed by atoms with Crippen LogP contribution >= 0.6 is 20.4 Å². The molecule has 19 heavy (non-hydrogen) atoms. The van der Waals surface area contributed by atoms with Gasteiger partial charge in [0.1, 0.15) is 0 Å². The summed E-state index contributed by atoms with van der Waals surface area (Å²) in [5, 5.41) is 0. The third-order valence-corrected chi connectivity index (χ3v) is 2.03. The van der Waals surface area contributed by atoms with E-state index < -0.39 is 0 Å². The predicted molar refractivity (Wildman–Crippen MR) is 80.9 cm³/mol. The number of benzene rings is 2. The van der Waals surface area contributed by atoms with Crippen molar-refractivity contribution in [3.63, 3.8) is 0 Å². The van der Waals surface area contributed by atoms with Crippen LogP contribution < -0.4 is 0 Å². The molecule has 2 aromatic carbocycles. The molecule has 0 bridgehead atoms. The van der Waals surface area contributed by atoms with E-state index >= 15 is 0 Å². The molecule has 0 radical (unpaired) electrons. The van der Waals surface area contributed by atoms with Crippen LogP contribution in [0.2, 0.25) is 0 Å². The summed E-state index contributed by atoms with van der Waals surface area (Å²) >= 11 is 0.569. The van der Waals surface area contributed by atoms with Crippen LogP contribution in [0.5, 0.6) is 0 Å². The monoisotopic (exact) mass is 336 g/mol. The van der Waals surface area contributed by atoms with Crippen molar-refractivity contribution in [2.75, 3.05) is 0 Å². The van der Waals surface area contributed by atoms with Gasteiger partial charge in [-0.2, -0.15) is 0 Å². The Morgan fingerprint density at radius 3 is 1.32 bits per heavy atom. The molecule has 0 unspecified atom stereocenters. The number of para-hydroxylation sites is 2. The molecule has 102 valence electrons. The van der Waals surface area contributed by atoms with Gasteiger partial charge in [-0.25, -0.2) is 0 Å². The molecule has 0 fully saturated rings. The Balaban J connectivity index is 0.000000550. The van der Waals surface area contributed by atoms with Crippen LogP contribution in [-0.4, -0.2) is 12.4 Å². The molecule has 2 rings (SSSR count). The van der Waals surface area contributed by atoms with Crippen LogP contribution in [0.3, 0.4) is 0 Å². The summed E-state index contributed by atoms with van der Waals surface area (Å²) in [5.74, 6) is 0. The maximum absolute atomic E-state index is 4.70. The summed E-state index contributed by atoms with van der Waals surface area (Å²) < 4.78 is 0. The van der Waals surface area contributed by atoms with Gasteiger partial charge in [-0.15, -0.1) is 0 Å². The van der Waals surface area contributed by atoms with Crippen LogP contribution in [0.1, 0.15) is 0 Å². The van der Waals surface area contributed by atoms with Gasteiger partial charge in [0.2, 0.25) is 0 Å². The van der Waals surface area contributed by atoms with Crippen molar-refractivity contribution in [2.45, 2.75) is 0 Å². The SMILES string of the molecule is C(C=Nc1ccccc1)=Nc1ccccc1.[Cl][Ni][Cl]. The number of rotatable bonds is 3. The van der Waals surface area contributed by atoms with Crippen LogP contribution in [-0.2, 0) is 12.7 Å². The molecule has 0 aliphatic rings. The normalized spacial score (nSPS) is 10.6. The van der Waals surface area contributed by atoms with Crippen LogP contribution in [0.4, 0.5) is 11.4 Å². The summed E-state index contributed by atoms with van der Waals surface area (Å²) in [5.41, 5.74) is 1.86. The number of hydrogen-bond acceptors (Lipinski definition) is 2. The molecule has 5 heteroatoms. The first-order valence-corrected chi connectivity index (χ1v) is 8.08. The molecule has 0 aliphatic heterocycles. The van der Waals surface area contributed by atoms with Crippen molar-refractivity contribution in [2.24, 2.45) is 9.98 Å². The molecule has 2 aromatic rings. The second-order valence-electron chi connectivity index (χ2n) is 3.27. The van der Waals surface area contributed by atoms with Gasteiger partial charge in [-0.1, -0.05) is 36.4 Å². The van der Waals surface area contributed by atoms with Gasteiger partial charge in [0, 0.05) is 12.4 Å². The van der Waals surface area contributed by atoms with E-state index in [0.717, 1.165) is 11.4 Å². The maximum atomic E-state index is 4.70. The van der Waals surface area contributed by atoms with E-state index in [1.165, 1.54) is 0 Å². The van der Waals surface area contributed by atoms with E-state index in [4.69, 9.17) is 20.4 Å². The summed E-state index contributed by atoms with van der Waals surface area (Å²) in [4.78, 5) is 8.49. The first kappa shape index (κ1) is 15.9. The second-order valence-corrected chi connectivity index (χ2v) is 4.90. The molecule has 0 saturated heterocycles. The Kier molecular flexibility index (Phi) is 9.00. The molecule has 0 aliphatic carbocycles. The average molecular weight is 338 g/mol. The topological polar surface area (TPSA) is 24.7 Å². The van der Waals surface area contributed by atoms with Crippen molar-refractivity contribution < 1.29 is 12.7 Å². The number of halogens is 2. The Labute approximate surface area is 127 Å². The van der Waals surface area contributed by atoms with Gasteiger partial charge in [-0.05, 0) is 24.3 Å². The zero-order valence-corrected chi connectivity index (χ0v) is 12.4. The van der Waals surface area contributed by atoms with Gasteiger partial charge in [0.05, 0.1) is 11.4 Å². The van der Waals surface area contributed by atoms with Crippen LogP contribution in [0, 0.1) is 0 Å². The van der Waals surface area contributed by atoms with Gasteiger partial charge in [-0.3, -0.25) is 9.98 Å². The molecule has 2 nitrogen and oxygen atoms in total. The van der Waals surface area contributed by atoms with Crippen molar-refractivity contribution in [1.82, 2.24) is 0 Å². The average Bonchev–Trinajstić information content (AvgIpc) is 2.47.